The summed E-state index contributed by atoms with van der Waals surface area (Å²) in [6, 6.07) is 6.30. The first-order chi connectivity index (χ1) is 15.5. The summed E-state index contributed by atoms with van der Waals surface area (Å²) in [5.74, 6) is -1.95. The second-order valence-electron chi connectivity index (χ2n) is 8.69. The first-order valence-electron chi connectivity index (χ1n) is 10.3. The summed E-state index contributed by atoms with van der Waals surface area (Å²) in [5.41, 5.74) is 3.87. The van der Waals surface area contributed by atoms with Crippen LogP contribution in [0.25, 0.3) is 10.8 Å². The number of halogens is 6. The van der Waals surface area contributed by atoms with E-state index in [9.17, 15) is 30.9 Å². The number of hydrogen-bond acceptors (Lipinski definition) is 4. The molecule has 34 heavy (non-hydrogen) atoms. The number of nitrogens with two attached hydrogens (primary N) is 1. The highest BCUT2D eigenvalue weighted by Crippen LogP contribution is 2.44. The number of phosphoric ester groups is 1. The second-order valence-corrected chi connectivity index (χ2v) is 9.93. The van der Waals surface area contributed by atoms with Gasteiger partial charge in [0.1, 0.15) is 11.3 Å². The molecular formula is C21H24F6NO5P. The monoisotopic (exact) mass is 515 g/mol. The lowest BCUT2D eigenvalue weighted by molar-refractivity contribution is -0.185. The van der Waals surface area contributed by atoms with Gasteiger partial charge in [-0.3, -0.25) is 4.52 Å². The molecule has 0 aromatic heterocycles. The fourth-order valence-corrected chi connectivity index (χ4v) is 4.48. The molecule has 1 aliphatic carbocycles. The highest BCUT2D eigenvalue weighted by molar-refractivity contribution is 7.46. The number of phosphoric acid groups is 1. The summed E-state index contributed by atoms with van der Waals surface area (Å²) in [4.78, 5) is 17.8. The van der Waals surface area contributed by atoms with Crippen molar-refractivity contribution in [3.8, 4) is 5.75 Å². The smallest absolute Gasteiger partial charge is 0.469 e. The van der Waals surface area contributed by atoms with Gasteiger partial charge in [-0.2, -0.15) is 26.3 Å². The van der Waals surface area contributed by atoms with Crippen molar-refractivity contribution in [3.05, 3.63) is 41.5 Å². The third-order valence-electron chi connectivity index (χ3n) is 5.89. The first-order valence-corrected chi connectivity index (χ1v) is 11.9. The SMILES string of the molecule is C[C@](N)(COP(=O)(O)O)c1ccc2c(C(F)(F)F)c(O[C@H]3CC[C@H](C(F)(F)F)CC3)ccc2c1. The van der Waals surface area contributed by atoms with E-state index >= 15 is 0 Å². The molecule has 4 N–H and O–H groups in total. The molecule has 3 rings (SSSR count). The quantitative estimate of drug-likeness (QED) is 0.340. The number of ether oxygens (including phenoxy) is 1. The maximum atomic E-state index is 14.0. The zero-order chi connectivity index (χ0) is 25.5. The molecule has 1 aliphatic rings. The Morgan fingerprint density at radius 3 is 2.18 bits per heavy atom. The predicted molar refractivity (Wildman–Crippen MR) is 111 cm³/mol. The minimum atomic E-state index is -4.81. The van der Waals surface area contributed by atoms with E-state index in [0.29, 0.717) is 0 Å². The van der Waals surface area contributed by atoms with E-state index in [4.69, 9.17) is 20.3 Å². The lowest BCUT2D eigenvalue weighted by Crippen LogP contribution is -2.37. The van der Waals surface area contributed by atoms with Crippen LogP contribution in [0, 0.1) is 5.92 Å². The van der Waals surface area contributed by atoms with Gasteiger partial charge < -0.3 is 20.3 Å². The average molecular weight is 515 g/mol. The molecule has 0 aliphatic heterocycles. The molecule has 1 saturated carbocycles. The third kappa shape index (κ3) is 6.42. The fraction of sp³-hybridized carbons (Fsp3) is 0.524. The van der Waals surface area contributed by atoms with Crippen LogP contribution < -0.4 is 10.5 Å². The molecule has 0 heterocycles. The second kappa shape index (κ2) is 9.31. The molecular weight excluding hydrogens is 491 g/mol. The van der Waals surface area contributed by atoms with Crippen molar-refractivity contribution >= 4 is 18.6 Å². The Hall–Kier alpha value is -1.85. The van der Waals surface area contributed by atoms with Crippen LogP contribution in [-0.2, 0) is 20.8 Å². The van der Waals surface area contributed by atoms with Gasteiger partial charge in [-0.15, -0.1) is 0 Å². The molecule has 1 atom stereocenters. The van der Waals surface area contributed by atoms with E-state index in [1.807, 2.05) is 0 Å². The largest absolute Gasteiger partial charge is 0.490 e. The predicted octanol–water partition coefficient (Wildman–Crippen LogP) is 5.64. The summed E-state index contributed by atoms with van der Waals surface area (Å²) in [6.45, 7) is 0.819. The van der Waals surface area contributed by atoms with E-state index in [1.54, 1.807) is 0 Å². The normalized spacial score (nSPS) is 21.9. The number of hydrogen-bond donors (Lipinski definition) is 3. The van der Waals surface area contributed by atoms with Gasteiger partial charge in [0.2, 0.25) is 0 Å². The molecule has 0 radical (unpaired) electrons. The Kier molecular flexibility index (Phi) is 7.32. The summed E-state index contributed by atoms with van der Waals surface area (Å²) < 4.78 is 101. The van der Waals surface area contributed by atoms with Crippen molar-refractivity contribution in [2.24, 2.45) is 11.7 Å². The van der Waals surface area contributed by atoms with Crippen molar-refractivity contribution in [1.82, 2.24) is 0 Å². The van der Waals surface area contributed by atoms with Crippen molar-refractivity contribution < 1.29 is 50.0 Å². The Morgan fingerprint density at radius 1 is 1.03 bits per heavy atom. The van der Waals surface area contributed by atoms with Gasteiger partial charge in [-0.1, -0.05) is 18.2 Å². The molecule has 1 fully saturated rings. The molecule has 6 nitrogen and oxygen atoms in total. The minimum absolute atomic E-state index is 0.0104. The maximum Gasteiger partial charge on any atom is 0.469 e. The van der Waals surface area contributed by atoms with Gasteiger partial charge in [0.05, 0.1) is 24.2 Å². The van der Waals surface area contributed by atoms with Gasteiger partial charge in [-0.25, -0.2) is 4.57 Å². The number of rotatable bonds is 6. The molecule has 0 saturated heterocycles. The zero-order valence-corrected chi connectivity index (χ0v) is 18.9. The molecule has 190 valence electrons. The van der Waals surface area contributed by atoms with Crippen molar-refractivity contribution in [3.63, 3.8) is 0 Å². The molecule has 0 spiro atoms. The van der Waals surface area contributed by atoms with E-state index in [2.05, 4.69) is 4.52 Å². The summed E-state index contributed by atoms with van der Waals surface area (Å²) in [5, 5.41) is -0.0600. The lowest BCUT2D eigenvalue weighted by Gasteiger charge is -2.31. The van der Waals surface area contributed by atoms with Gasteiger partial charge in [0.15, 0.2) is 0 Å². The molecule has 0 bridgehead atoms. The van der Waals surface area contributed by atoms with E-state index < -0.39 is 55.7 Å². The summed E-state index contributed by atoms with van der Waals surface area (Å²) in [7, 11) is -4.81. The maximum absolute atomic E-state index is 14.0. The van der Waals surface area contributed by atoms with Crippen LogP contribution in [0.4, 0.5) is 26.3 Å². The van der Waals surface area contributed by atoms with Crippen LogP contribution in [0.3, 0.4) is 0 Å². The number of alkyl halides is 6. The summed E-state index contributed by atoms with van der Waals surface area (Å²) >= 11 is 0. The highest BCUT2D eigenvalue weighted by Gasteiger charge is 2.43. The van der Waals surface area contributed by atoms with Gasteiger partial charge in [0, 0.05) is 0 Å². The van der Waals surface area contributed by atoms with Gasteiger partial charge in [-0.05, 0) is 61.1 Å². The number of fused-ring (bicyclic) bond motifs is 1. The van der Waals surface area contributed by atoms with E-state index in [0.717, 1.165) is 6.07 Å². The standard InChI is InChI=1S/C21H24F6NO5P/c1-19(28,11-32-34(29,30)31)14-5-8-16-12(10-14)2-9-17(18(16)21(25,26)27)33-15-6-3-13(4-7-15)20(22,23)24/h2,5,8-10,13,15H,3-4,6-7,11,28H2,1H3,(H2,29,30,31)/t13-,15-,19-/m0/s1. The third-order valence-corrected chi connectivity index (χ3v) is 6.35. The van der Waals surface area contributed by atoms with Gasteiger partial charge in [0.25, 0.3) is 0 Å². The average Bonchev–Trinajstić information content (AvgIpc) is 2.70. The summed E-state index contributed by atoms with van der Waals surface area (Å²) in [6.07, 6.45) is -10.4. The van der Waals surface area contributed by atoms with Crippen LogP contribution in [0.5, 0.6) is 5.75 Å². The molecule has 0 amide bonds. The van der Waals surface area contributed by atoms with Crippen molar-refractivity contribution in [2.45, 2.75) is 56.6 Å². The van der Waals surface area contributed by atoms with E-state index in [1.165, 1.54) is 31.2 Å². The van der Waals surface area contributed by atoms with Crippen molar-refractivity contribution in [1.29, 1.82) is 0 Å². The molecule has 2 aromatic carbocycles. The molecule has 2 aromatic rings. The Balaban J connectivity index is 1.90. The van der Waals surface area contributed by atoms with Crippen LogP contribution in [0.15, 0.2) is 30.3 Å². The highest BCUT2D eigenvalue weighted by atomic mass is 31.2. The Bertz CT molecular complexity index is 1070. The van der Waals surface area contributed by atoms with Crippen LogP contribution in [-0.4, -0.2) is 28.7 Å². The minimum Gasteiger partial charge on any atom is -0.490 e. The molecule has 0 unspecified atom stereocenters. The van der Waals surface area contributed by atoms with Gasteiger partial charge >= 0.3 is 20.2 Å². The number of benzene rings is 2. The lowest BCUT2D eigenvalue weighted by atomic mass is 9.87. The van der Waals surface area contributed by atoms with Crippen LogP contribution in [0.2, 0.25) is 0 Å². The molecule has 13 heteroatoms. The van der Waals surface area contributed by atoms with E-state index in [-0.39, 0.29) is 42.0 Å². The van der Waals surface area contributed by atoms with Crippen LogP contribution in [0.1, 0.15) is 43.7 Å². The zero-order valence-electron chi connectivity index (χ0n) is 18.0. The Labute approximate surface area is 191 Å². The first kappa shape index (κ1) is 26.7. The van der Waals surface area contributed by atoms with Crippen molar-refractivity contribution in [2.75, 3.05) is 6.61 Å². The fourth-order valence-electron chi connectivity index (χ4n) is 4.04. The Morgan fingerprint density at radius 2 is 1.65 bits per heavy atom. The van der Waals surface area contributed by atoms with Crippen LogP contribution >= 0.6 is 7.82 Å². The topological polar surface area (TPSA) is 102 Å².